The van der Waals surface area contributed by atoms with E-state index in [4.69, 9.17) is 37.7 Å². The molecule has 49 heavy (non-hydrogen) atoms. The summed E-state index contributed by atoms with van der Waals surface area (Å²) in [5.74, 6) is -5.03. The van der Waals surface area contributed by atoms with E-state index < -0.39 is 65.2 Å². The Labute approximate surface area is 313 Å². The van der Waals surface area contributed by atoms with Crippen LogP contribution in [0, 0.1) is 17.8 Å². The summed E-state index contributed by atoms with van der Waals surface area (Å²) in [6, 6.07) is 3.31. The molecular formula is C25H28Br4ClF3N10O6. The molecule has 12 N–H and O–H groups in total. The number of H-pyrrole nitrogens is 2. The number of fused-ring (bicyclic) bond motifs is 3. The van der Waals surface area contributed by atoms with Gasteiger partial charge in [-0.15, -0.1) is 11.6 Å². The number of carboxylic acids is 1. The molecule has 1 unspecified atom stereocenters. The van der Waals surface area contributed by atoms with Gasteiger partial charge in [0.15, 0.2) is 17.9 Å². The molecule has 16 nitrogen and oxygen atoms in total. The maximum atomic E-state index is 13.2. The molecule has 2 aromatic rings. The van der Waals surface area contributed by atoms with Crippen molar-refractivity contribution in [2.24, 2.45) is 34.2 Å². The zero-order valence-corrected chi connectivity index (χ0v) is 31.8. The van der Waals surface area contributed by atoms with Crippen molar-refractivity contribution in [1.82, 2.24) is 36.1 Å². The van der Waals surface area contributed by atoms with Gasteiger partial charge in [0.2, 0.25) is 0 Å². The van der Waals surface area contributed by atoms with E-state index in [2.05, 4.69) is 99.9 Å². The second kappa shape index (κ2) is 13.9. The number of carbonyl (C=O) groups excluding carboxylic acids is 2. The van der Waals surface area contributed by atoms with E-state index in [9.17, 15) is 27.9 Å². The van der Waals surface area contributed by atoms with E-state index in [1.165, 1.54) is 7.11 Å². The minimum absolute atomic E-state index is 0.0962. The number of guanidine groups is 1. The molecule has 2 aromatic heterocycles. The fraction of sp³-hybridized carbons (Fsp3) is 0.520. The minimum atomic E-state index is -5.08. The van der Waals surface area contributed by atoms with Crippen LogP contribution < -0.4 is 32.7 Å². The summed E-state index contributed by atoms with van der Waals surface area (Å²) in [7, 11) is 1.50. The molecule has 2 amide bonds. The van der Waals surface area contributed by atoms with Crippen molar-refractivity contribution in [2.45, 2.75) is 41.5 Å². The van der Waals surface area contributed by atoms with E-state index >= 15 is 0 Å². The highest BCUT2D eigenvalue weighted by Gasteiger charge is 2.82. The van der Waals surface area contributed by atoms with Crippen molar-refractivity contribution < 1.29 is 42.5 Å². The molecular weight excluding hydrogens is 948 g/mol. The van der Waals surface area contributed by atoms with E-state index in [1.54, 1.807) is 17.0 Å². The van der Waals surface area contributed by atoms with Gasteiger partial charge in [-0.1, -0.05) is 0 Å². The normalized spacial score (nSPS) is 32.9. The Morgan fingerprint density at radius 2 is 1.55 bits per heavy atom. The standard InChI is InChI=1S/C23H27Br4ClN10O4.C2HF3O2/c1-42-19-22-12(23(41)18(35-20(29)37-23)38(22)21(30)36-19)6(4-31-16(39)10-2-8(24)14(26)33-10)7(13(22)28)5-32-17(40)11-3-9(25)15(27)34-11;3-2(4,5)1(6)7/h2-3,6-7,12-13,18-20,33-35,37,41H,4-5,29H2,1H3,(H2,30,36)(H,31,39)(H,32,40);(H,6,7)/t6-,7-,12+,13+,18+,19+,20?,22+,23+;/m0./s1. The monoisotopic (exact) mass is 972 g/mol. The van der Waals surface area contributed by atoms with Crippen molar-refractivity contribution in [3.8, 4) is 0 Å². The highest BCUT2D eigenvalue weighted by atomic mass is 79.9. The predicted octanol–water partition coefficient (Wildman–Crippen LogP) is 1.46. The number of ether oxygens (including phenoxy) is 1. The Hall–Kier alpha value is -1.96. The number of carbonyl (C=O) groups is 3. The fourth-order valence-electron chi connectivity index (χ4n) is 7.16. The molecule has 4 aliphatic rings. The van der Waals surface area contributed by atoms with E-state index in [1.807, 2.05) is 0 Å². The van der Waals surface area contributed by atoms with Crippen LogP contribution >= 0.6 is 75.3 Å². The van der Waals surface area contributed by atoms with Crippen molar-refractivity contribution in [1.29, 1.82) is 0 Å². The third-order valence-electron chi connectivity index (χ3n) is 8.88. The maximum Gasteiger partial charge on any atom is 0.490 e. The number of aliphatic carboxylic acids is 1. The fourth-order valence-corrected chi connectivity index (χ4v) is 9.10. The first-order chi connectivity index (χ1) is 22.8. The first kappa shape index (κ1) is 38.3. The van der Waals surface area contributed by atoms with Crippen molar-refractivity contribution >= 4 is 99.1 Å². The Morgan fingerprint density at radius 3 is 1.98 bits per heavy atom. The smallest absolute Gasteiger partial charge is 0.475 e. The van der Waals surface area contributed by atoms with Crippen LogP contribution in [0.5, 0.6) is 0 Å². The number of amides is 2. The number of aromatic amines is 2. The number of alkyl halides is 4. The summed E-state index contributed by atoms with van der Waals surface area (Å²) < 4.78 is 40.2. The number of aliphatic hydroxyl groups is 1. The first-order valence-electron chi connectivity index (χ1n) is 14.0. The molecule has 1 spiro atoms. The zero-order chi connectivity index (χ0) is 36.4. The van der Waals surface area contributed by atoms with Gasteiger partial charge in [-0.25, -0.2) is 9.79 Å². The summed E-state index contributed by atoms with van der Waals surface area (Å²) >= 11 is 20.8. The van der Waals surface area contributed by atoms with E-state index in [0.29, 0.717) is 29.5 Å². The van der Waals surface area contributed by atoms with Gasteiger partial charge in [0, 0.05) is 32.0 Å². The second-order valence-electron chi connectivity index (χ2n) is 11.5. The predicted molar refractivity (Wildman–Crippen MR) is 181 cm³/mol. The first-order valence-corrected chi connectivity index (χ1v) is 17.6. The summed E-state index contributed by atoms with van der Waals surface area (Å²) in [5, 5.41) is 30.8. The average molecular weight is 977 g/mol. The minimum Gasteiger partial charge on any atom is -0.475 e. The van der Waals surface area contributed by atoms with Crippen molar-refractivity contribution in [3.05, 3.63) is 41.7 Å². The molecule has 6 rings (SSSR count). The van der Waals surface area contributed by atoms with Crippen molar-refractivity contribution in [3.63, 3.8) is 0 Å². The van der Waals surface area contributed by atoms with Gasteiger partial charge in [0.05, 0.1) is 23.5 Å². The highest BCUT2D eigenvalue weighted by molar-refractivity contribution is 9.13. The number of aliphatic imine (C=N–C) groups is 1. The average Bonchev–Trinajstić information content (AvgIpc) is 3.79. The summed E-state index contributed by atoms with van der Waals surface area (Å²) in [6.07, 6.45) is -7.46. The number of hydrogen-bond acceptors (Lipinski definition) is 11. The van der Waals surface area contributed by atoms with Gasteiger partial charge in [0.25, 0.3) is 11.8 Å². The van der Waals surface area contributed by atoms with Gasteiger partial charge in [-0.2, -0.15) is 13.2 Å². The van der Waals surface area contributed by atoms with Crippen LogP contribution in [-0.4, -0.2) is 111 Å². The van der Waals surface area contributed by atoms with Crippen LogP contribution in [0.3, 0.4) is 0 Å². The number of methoxy groups -OCH3 is 1. The van der Waals surface area contributed by atoms with Gasteiger partial charge in [-0.3, -0.25) is 20.2 Å². The van der Waals surface area contributed by atoms with Crippen LogP contribution in [0.1, 0.15) is 21.0 Å². The van der Waals surface area contributed by atoms with Gasteiger partial charge >= 0.3 is 12.1 Å². The SMILES string of the molecule is CO[C@H]1N=C(N)N2[C@H]3NC(N)N[C@@]3(O)[C@@H]3[C@@H](CNC(=O)c4cc(Br)c(Br)[nH]4)[C@H](CNC(=O)c4cc(Br)c(Br)[nH]4)[C@@H](Cl)[C@@]132.O=C(O)C(F)(F)F. The lowest BCUT2D eigenvalue weighted by Crippen LogP contribution is -2.63. The molecule has 9 atom stereocenters. The number of rotatable bonds is 7. The molecule has 5 heterocycles. The molecule has 0 aromatic carbocycles. The van der Waals surface area contributed by atoms with Gasteiger partial charge in [0.1, 0.15) is 29.4 Å². The van der Waals surface area contributed by atoms with Crippen LogP contribution in [-0.2, 0) is 9.53 Å². The summed E-state index contributed by atoms with van der Waals surface area (Å²) in [6.45, 7) is 0.211. The number of carboxylic acid groups (broad SMARTS) is 1. The largest absolute Gasteiger partial charge is 0.490 e. The zero-order valence-electron chi connectivity index (χ0n) is 24.7. The molecule has 0 bridgehead atoms. The third-order valence-corrected chi connectivity index (χ3v) is 13.1. The third kappa shape index (κ3) is 6.52. The van der Waals surface area contributed by atoms with Gasteiger partial charge in [-0.05, 0) is 81.8 Å². The van der Waals surface area contributed by atoms with Crippen LogP contribution in [0.2, 0.25) is 0 Å². The molecule has 1 aliphatic carbocycles. The van der Waals surface area contributed by atoms with E-state index in [-0.39, 0.29) is 30.9 Å². The maximum absolute atomic E-state index is 13.2. The quantitative estimate of drug-likeness (QED) is 0.178. The van der Waals surface area contributed by atoms with Crippen LogP contribution in [0.15, 0.2) is 35.3 Å². The highest BCUT2D eigenvalue weighted by Crippen LogP contribution is 2.63. The Balaban J connectivity index is 0.000000606. The van der Waals surface area contributed by atoms with Gasteiger partial charge < -0.3 is 51.9 Å². The molecule has 0 radical (unpaired) electrons. The number of halogens is 8. The lowest BCUT2D eigenvalue weighted by atomic mass is 9.77. The Bertz CT molecular complexity index is 1640. The number of nitrogens with two attached hydrogens (primary N) is 2. The van der Waals surface area contributed by atoms with Crippen LogP contribution in [0.4, 0.5) is 13.2 Å². The van der Waals surface area contributed by atoms with Crippen LogP contribution in [0.25, 0.3) is 0 Å². The van der Waals surface area contributed by atoms with Crippen molar-refractivity contribution in [2.75, 3.05) is 20.2 Å². The number of nitrogens with one attached hydrogen (secondary N) is 6. The van der Waals surface area contributed by atoms with E-state index in [0.717, 1.165) is 0 Å². The molecule has 270 valence electrons. The lowest BCUT2D eigenvalue weighted by molar-refractivity contribution is -0.192. The number of hydrogen-bond donors (Lipinski definition) is 10. The summed E-state index contributed by atoms with van der Waals surface area (Å²) in [4.78, 5) is 47.5. The molecule has 1 saturated carbocycles. The number of nitrogens with zero attached hydrogens (tertiary/aromatic N) is 2. The lowest BCUT2D eigenvalue weighted by Gasteiger charge is -2.41. The summed E-state index contributed by atoms with van der Waals surface area (Å²) in [5.41, 5.74) is 10.5. The Kier molecular flexibility index (Phi) is 10.8. The number of aromatic nitrogens is 2. The molecule has 3 aliphatic heterocycles. The topological polar surface area (TPSA) is 248 Å². The molecule has 24 heteroatoms. The Morgan fingerprint density at radius 1 is 1.06 bits per heavy atom. The molecule has 3 fully saturated rings. The second-order valence-corrected chi connectivity index (χ2v) is 15.2. The molecule has 2 saturated heterocycles.